The lowest BCUT2D eigenvalue weighted by Crippen LogP contribution is -2.49. The van der Waals surface area contributed by atoms with Gasteiger partial charge in [-0.05, 0) is 81.0 Å². The van der Waals surface area contributed by atoms with Gasteiger partial charge in [-0.25, -0.2) is 4.79 Å². The van der Waals surface area contributed by atoms with E-state index in [1.807, 2.05) is 18.2 Å². The molecule has 1 atom stereocenters. The van der Waals surface area contributed by atoms with E-state index in [4.69, 9.17) is 26.3 Å². The number of imide groups is 1. The highest BCUT2D eigenvalue weighted by Crippen LogP contribution is 2.34. The fraction of sp³-hybridized carbons (Fsp3) is 0.450. The number of nitrogens with one attached hydrogen (secondary N) is 2. The SMILES string of the molecule is N#Cc1ccc(OC2CCC(NC(=O)c3ccc(N4CCO[C@@H](CN5CCC(n6ccc7c(N8CCC(=O)NC8=O)cccc76)CC5)C4)nn3)CC2)cc1Cl. The highest BCUT2D eigenvalue weighted by molar-refractivity contribution is 6.31. The Bertz CT molecular complexity index is 2090. The lowest BCUT2D eigenvalue weighted by atomic mass is 9.93. The first-order valence-corrected chi connectivity index (χ1v) is 19.5. The second kappa shape index (κ2) is 16.2. The van der Waals surface area contributed by atoms with E-state index in [9.17, 15) is 14.4 Å². The first-order valence-electron chi connectivity index (χ1n) is 19.1. The lowest BCUT2D eigenvalue weighted by Gasteiger charge is -2.38. The van der Waals surface area contributed by atoms with Crippen molar-refractivity contribution in [3.05, 3.63) is 77.1 Å². The summed E-state index contributed by atoms with van der Waals surface area (Å²) in [6.45, 7) is 5.09. The summed E-state index contributed by atoms with van der Waals surface area (Å²) in [5.41, 5.74) is 2.64. The molecule has 8 rings (SSSR count). The van der Waals surface area contributed by atoms with Crippen LogP contribution in [0.15, 0.2) is 60.8 Å². The number of anilines is 2. The van der Waals surface area contributed by atoms with Crippen LogP contribution < -0.4 is 25.2 Å². The van der Waals surface area contributed by atoms with Crippen LogP contribution in [0.2, 0.25) is 5.02 Å². The summed E-state index contributed by atoms with van der Waals surface area (Å²) in [5.74, 6) is 0.910. The van der Waals surface area contributed by atoms with E-state index in [1.54, 1.807) is 29.2 Å². The van der Waals surface area contributed by atoms with Crippen molar-refractivity contribution in [2.45, 2.75) is 69.2 Å². The molecule has 286 valence electrons. The van der Waals surface area contributed by atoms with E-state index in [2.05, 4.69) is 59.6 Å². The van der Waals surface area contributed by atoms with Crippen molar-refractivity contribution in [2.24, 2.45) is 0 Å². The van der Waals surface area contributed by atoms with E-state index < -0.39 is 0 Å². The third-order valence-electron chi connectivity index (χ3n) is 11.2. The van der Waals surface area contributed by atoms with Crippen LogP contribution in [0.5, 0.6) is 5.75 Å². The summed E-state index contributed by atoms with van der Waals surface area (Å²) in [5, 5.41) is 24.8. The van der Waals surface area contributed by atoms with Crippen molar-refractivity contribution >= 4 is 51.9 Å². The van der Waals surface area contributed by atoms with E-state index in [1.165, 1.54) is 0 Å². The Morgan fingerprint density at radius 1 is 1.00 bits per heavy atom. The molecule has 0 unspecified atom stereocenters. The summed E-state index contributed by atoms with van der Waals surface area (Å²) >= 11 is 6.15. The van der Waals surface area contributed by atoms with Crippen molar-refractivity contribution in [3.8, 4) is 11.8 Å². The van der Waals surface area contributed by atoms with Gasteiger partial charge in [0.1, 0.15) is 11.8 Å². The highest BCUT2D eigenvalue weighted by Gasteiger charge is 2.30. The maximum absolute atomic E-state index is 13.1. The molecule has 3 aliphatic heterocycles. The first-order chi connectivity index (χ1) is 26.8. The Morgan fingerprint density at radius 2 is 1.84 bits per heavy atom. The van der Waals surface area contributed by atoms with Gasteiger partial charge in [0.15, 0.2) is 11.5 Å². The number of nitriles is 1. The van der Waals surface area contributed by atoms with Crippen molar-refractivity contribution in [2.75, 3.05) is 55.7 Å². The maximum Gasteiger partial charge on any atom is 0.328 e. The number of amides is 4. The molecule has 4 aromatic rings. The quantitative estimate of drug-likeness (QED) is 0.236. The second-order valence-corrected chi connectivity index (χ2v) is 15.2. The second-order valence-electron chi connectivity index (χ2n) is 14.8. The number of likely N-dealkylation sites (tertiary alicyclic amines) is 1. The predicted molar refractivity (Wildman–Crippen MR) is 206 cm³/mol. The minimum atomic E-state index is -0.369. The summed E-state index contributed by atoms with van der Waals surface area (Å²) in [6.07, 6.45) is 7.63. The normalized spacial score (nSPS) is 22.7. The van der Waals surface area contributed by atoms with E-state index in [0.29, 0.717) is 60.7 Å². The van der Waals surface area contributed by atoms with Crippen LogP contribution >= 0.6 is 11.6 Å². The third kappa shape index (κ3) is 8.24. The lowest BCUT2D eigenvalue weighted by molar-refractivity contribution is -0.120. The zero-order chi connectivity index (χ0) is 37.9. The number of fused-ring (bicyclic) bond motifs is 1. The molecule has 3 saturated heterocycles. The van der Waals surface area contributed by atoms with Crippen LogP contribution in [0, 0.1) is 11.3 Å². The van der Waals surface area contributed by atoms with Gasteiger partial charge < -0.3 is 29.2 Å². The molecule has 4 amide bonds. The minimum absolute atomic E-state index is 0.0216. The van der Waals surface area contributed by atoms with Crippen molar-refractivity contribution in [1.29, 1.82) is 5.26 Å². The fourth-order valence-electron chi connectivity index (χ4n) is 8.28. The number of carbonyl (C=O) groups excluding carboxylic acids is 3. The number of aromatic nitrogens is 3. The van der Waals surface area contributed by atoms with Crippen LogP contribution in [-0.4, -0.2) is 102 Å². The summed E-state index contributed by atoms with van der Waals surface area (Å²) in [4.78, 5) is 43.6. The number of hydrogen-bond donors (Lipinski definition) is 2. The molecule has 1 saturated carbocycles. The molecule has 4 fully saturated rings. The molecule has 15 heteroatoms. The predicted octanol–water partition coefficient (Wildman–Crippen LogP) is 5.06. The minimum Gasteiger partial charge on any atom is -0.490 e. The van der Waals surface area contributed by atoms with Crippen LogP contribution in [0.1, 0.15) is 67.0 Å². The van der Waals surface area contributed by atoms with Crippen LogP contribution in [0.4, 0.5) is 16.3 Å². The Hall–Kier alpha value is -5.23. The molecule has 4 aliphatic rings. The fourth-order valence-corrected chi connectivity index (χ4v) is 8.49. The monoisotopic (exact) mass is 765 g/mol. The molecular formula is C40H44ClN9O5. The largest absolute Gasteiger partial charge is 0.490 e. The molecule has 0 radical (unpaired) electrons. The maximum atomic E-state index is 13.1. The average Bonchev–Trinajstić information content (AvgIpc) is 3.64. The van der Waals surface area contributed by atoms with E-state index in [-0.39, 0.29) is 36.1 Å². The number of carbonyl (C=O) groups is 3. The molecule has 1 aliphatic carbocycles. The zero-order valence-corrected chi connectivity index (χ0v) is 31.3. The molecule has 0 spiro atoms. The number of halogens is 1. The standard InChI is InChI=1S/C40H44ClN9O5/c41-33-22-30(7-4-26(33)23-42)55-29-8-5-27(6-9-29)43-39(52)34-10-11-37(46-45-34)48-20-21-54-31(25-48)24-47-16-12-28(13-17-47)49-18-14-32-35(49)2-1-3-36(32)50-19-15-38(51)44-40(50)53/h1-4,7,10-11,14,18,22,27-29,31H,5-6,8-9,12-13,15-17,19-21,24-25H2,(H,43,52)(H,44,51,53)/t27?,29?,31-/m0/s1. The molecule has 14 nitrogen and oxygen atoms in total. The molecule has 2 N–H and O–H groups in total. The number of urea groups is 1. The summed E-state index contributed by atoms with van der Waals surface area (Å²) in [7, 11) is 0. The van der Waals surface area contributed by atoms with E-state index in [0.717, 1.165) is 80.6 Å². The number of nitrogens with zero attached hydrogens (tertiary/aromatic N) is 7. The van der Waals surface area contributed by atoms with Crippen LogP contribution in [-0.2, 0) is 9.53 Å². The number of piperidine rings is 1. The molecule has 55 heavy (non-hydrogen) atoms. The van der Waals surface area contributed by atoms with Crippen molar-refractivity contribution in [1.82, 2.24) is 30.3 Å². The van der Waals surface area contributed by atoms with Gasteiger partial charge in [0.05, 0.1) is 40.6 Å². The number of benzene rings is 2. The number of hydrogen-bond acceptors (Lipinski definition) is 10. The van der Waals surface area contributed by atoms with Crippen LogP contribution in [0.25, 0.3) is 10.9 Å². The van der Waals surface area contributed by atoms with Gasteiger partial charge in [-0.1, -0.05) is 17.7 Å². The smallest absolute Gasteiger partial charge is 0.328 e. The molecule has 2 aromatic heterocycles. The van der Waals surface area contributed by atoms with Gasteiger partial charge in [-0.15, -0.1) is 10.2 Å². The Morgan fingerprint density at radius 3 is 2.58 bits per heavy atom. The van der Waals surface area contributed by atoms with Gasteiger partial charge >= 0.3 is 6.03 Å². The molecule has 0 bridgehead atoms. The molecule has 2 aromatic carbocycles. The Kier molecular flexibility index (Phi) is 10.8. The van der Waals surface area contributed by atoms with Gasteiger partial charge in [0.2, 0.25) is 5.91 Å². The van der Waals surface area contributed by atoms with Crippen LogP contribution in [0.3, 0.4) is 0 Å². The van der Waals surface area contributed by atoms with Gasteiger partial charge in [0, 0.05) is 75.4 Å². The van der Waals surface area contributed by atoms with Gasteiger partial charge in [0.25, 0.3) is 5.91 Å². The van der Waals surface area contributed by atoms with Crippen molar-refractivity contribution in [3.63, 3.8) is 0 Å². The zero-order valence-electron chi connectivity index (χ0n) is 30.5. The number of rotatable bonds is 9. The first kappa shape index (κ1) is 36.7. The number of morpholine rings is 1. The van der Waals surface area contributed by atoms with Crippen molar-refractivity contribution < 1.29 is 23.9 Å². The third-order valence-corrected chi connectivity index (χ3v) is 11.5. The molecular weight excluding hydrogens is 722 g/mol. The molecule has 5 heterocycles. The topological polar surface area (TPSA) is 158 Å². The van der Waals surface area contributed by atoms with Gasteiger partial charge in [-0.3, -0.25) is 19.8 Å². The summed E-state index contributed by atoms with van der Waals surface area (Å²) in [6, 6.07) is 18.9. The highest BCUT2D eigenvalue weighted by atomic mass is 35.5. The Labute approximate surface area is 324 Å². The van der Waals surface area contributed by atoms with Gasteiger partial charge in [-0.2, -0.15) is 5.26 Å². The Balaban J connectivity index is 0.791. The average molecular weight is 766 g/mol. The van der Waals surface area contributed by atoms with E-state index >= 15 is 0 Å². The summed E-state index contributed by atoms with van der Waals surface area (Å²) < 4.78 is 14.6. The number of ether oxygens (including phenoxy) is 2.